The average Bonchev–Trinajstić information content (AvgIpc) is 2.53. The van der Waals surface area contributed by atoms with Crippen molar-refractivity contribution in [2.75, 3.05) is 0 Å². The molecule has 0 spiro atoms. The zero-order chi connectivity index (χ0) is 15.9. The molecule has 0 aromatic heterocycles. The third-order valence-electron chi connectivity index (χ3n) is 3.65. The van der Waals surface area contributed by atoms with Gasteiger partial charge in [-0.2, -0.15) is 0 Å². The minimum absolute atomic E-state index is 0.196. The number of unbranched alkanes of at least 4 members (excludes halogenated alkanes) is 8. The van der Waals surface area contributed by atoms with Gasteiger partial charge in [0, 0.05) is 0 Å². The number of hydrogen-bond acceptors (Lipinski definition) is 2. The molecule has 0 aliphatic heterocycles. The van der Waals surface area contributed by atoms with Crippen LogP contribution in [0.2, 0.25) is 0 Å². The summed E-state index contributed by atoms with van der Waals surface area (Å²) in [7, 11) is 0. The summed E-state index contributed by atoms with van der Waals surface area (Å²) >= 11 is 0. The van der Waals surface area contributed by atoms with Crippen molar-refractivity contribution in [2.45, 2.75) is 71.1 Å². The molecule has 0 aliphatic rings. The van der Waals surface area contributed by atoms with Crippen molar-refractivity contribution in [1.82, 2.24) is 0 Å². The lowest BCUT2D eigenvalue weighted by molar-refractivity contribution is -0.133. The van der Waals surface area contributed by atoms with E-state index in [9.17, 15) is 4.79 Å². The molecule has 0 bridgehead atoms. The first-order valence-corrected chi connectivity index (χ1v) is 8.73. The van der Waals surface area contributed by atoms with Crippen LogP contribution >= 0.6 is 0 Å². The molecule has 1 rings (SSSR count). The van der Waals surface area contributed by atoms with Crippen molar-refractivity contribution < 1.29 is 9.53 Å². The lowest BCUT2D eigenvalue weighted by Crippen LogP contribution is -2.05. The van der Waals surface area contributed by atoms with Gasteiger partial charge >= 0.3 is 5.97 Å². The van der Waals surface area contributed by atoms with E-state index in [0.29, 0.717) is 12.2 Å². The van der Waals surface area contributed by atoms with Gasteiger partial charge in [0.15, 0.2) is 0 Å². The first-order chi connectivity index (χ1) is 10.8. The fourth-order valence-electron chi connectivity index (χ4n) is 2.36. The van der Waals surface area contributed by atoms with Crippen molar-refractivity contribution in [3.8, 4) is 5.75 Å². The smallest absolute Gasteiger partial charge is 0.315 e. The summed E-state index contributed by atoms with van der Waals surface area (Å²) in [6.45, 7) is 2.25. The summed E-state index contributed by atoms with van der Waals surface area (Å²) in [6, 6.07) is 9.21. The Bertz CT molecular complexity index is 409. The first-order valence-electron chi connectivity index (χ1n) is 8.73. The van der Waals surface area contributed by atoms with Gasteiger partial charge in [-0.3, -0.25) is 4.79 Å². The first kappa shape index (κ1) is 18.5. The zero-order valence-corrected chi connectivity index (χ0v) is 13.9. The van der Waals surface area contributed by atoms with E-state index in [0.717, 1.165) is 6.42 Å². The number of allylic oxidation sites excluding steroid dienone is 1. The van der Waals surface area contributed by atoms with E-state index in [-0.39, 0.29) is 5.97 Å². The third kappa shape index (κ3) is 10.2. The number of hydrogen-bond donors (Lipinski definition) is 0. The molecule has 0 atom stereocenters. The van der Waals surface area contributed by atoms with Crippen LogP contribution in [0.1, 0.15) is 71.1 Å². The Labute approximate surface area is 135 Å². The van der Waals surface area contributed by atoms with Gasteiger partial charge in [0.1, 0.15) is 5.75 Å². The lowest BCUT2D eigenvalue weighted by Gasteiger charge is -2.01. The highest BCUT2D eigenvalue weighted by Gasteiger charge is 2.00. The molecule has 1 aromatic rings. The topological polar surface area (TPSA) is 26.3 Å². The molecular formula is C20H30O2. The summed E-state index contributed by atoms with van der Waals surface area (Å²) < 4.78 is 5.22. The minimum atomic E-state index is -0.196. The molecule has 0 fully saturated rings. The summed E-state index contributed by atoms with van der Waals surface area (Å²) in [6.07, 6.45) is 16.1. The SMILES string of the molecule is CCCCCCCCCCC=CCC(=O)Oc1ccccc1. The van der Waals surface area contributed by atoms with Crippen molar-refractivity contribution in [3.05, 3.63) is 42.5 Å². The molecule has 2 heteroatoms. The number of benzene rings is 1. The van der Waals surface area contributed by atoms with Gasteiger partial charge < -0.3 is 4.74 Å². The Morgan fingerprint density at radius 2 is 1.55 bits per heavy atom. The van der Waals surface area contributed by atoms with Crippen LogP contribution in [-0.4, -0.2) is 5.97 Å². The van der Waals surface area contributed by atoms with Gasteiger partial charge in [0.25, 0.3) is 0 Å². The number of para-hydroxylation sites is 1. The summed E-state index contributed by atoms with van der Waals surface area (Å²) in [4.78, 5) is 11.6. The second kappa shape index (κ2) is 13.1. The molecule has 0 saturated heterocycles. The van der Waals surface area contributed by atoms with E-state index >= 15 is 0 Å². The highest BCUT2D eigenvalue weighted by atomic mass is 16.5. The summed E-state index contributed by atoms with van der Waals surface area (Å²) in [5, 5.41) is 0. The zero-order valence-electron chi connectivity index (χ0n) is 13.9. The molecule has 22 heavy (non-hydrogen) atoms. The highest BCUT2D eigenvalue weighted by Crippen LogP contribution is 2.11. The Balaban J connectivity index is 1.94. The molecule has 0 heterocycles. The normalized spacial score (nSPS) is 11.0. The van der Waals surface area contributed by atoms with Crippen LogP contribution in [0.4, 0.5) is 0 Å². The Morgan fingerprint density at radius 1 is 0.909 bits per heavy atom. The predicted molar refractivity (Wildman–Crippen MR) is 93.1 cm³/mol. The van der Waals surface area contributed by atoms with E-state index < -0.39 is 0 Å². The van der Waals surface area contributed by atoms with Crippen molar-refractivity contribution >= 4 is 5.97 Å². The van der Waals surface area contributed by atoms with E-state index in [4.69, 9.17) is 4.74 Å². The Kier molecular flexibility index (Phi) is 11.0. The van der Waals surface area contributed by atoms with Gasteiger partial charge in [0.05, 0.1) is 6.42 Å². The quantitative estimate of drug-likeness (QED) is 0.203. The van der Waals surface area contributed by atoms with Crippen LogP contribution in [0.3, 0.4) is 0 Å². The number of esters is 1. The molecule has 0 unspecified atom stereocenters. The predicted octanol–water partition coefficient (Wildman–Crippen LogP) is 6.07. The number of rotatable bonds is 12. The van der Waals surface area contributed by atoms with Gasteiger partial charge in [-0.05, 0) is 25.0 Å². The molecule has 0 saturated carbocycles. The van der Waals surface area contributed by atoms with Crippen molar-refractivity contribution in [2.24, 2.45) is 0 Å². The molecule has 0 N–H and O–H groups in total. The second-order valence-electron chi connectivity index (χ2n) is 5.73. The fourth-order valence-corrected chi connectivity index (χ4v) is 2.36. The van der Waals surface area contributed by atoms with E-state index in [1.54, 1.807) is 12.1 Å². The Morgan fingerprint density at radius 3 is 2.23 bits per heavy atom. The van der Waals surface area contributed by atoms with E-state index in [1.807, 2.05) is 24.3 Å². The molecule has 0 aliphatic carbocycles. The van der Waals surface area contributed by atoms with Crippen LogP contribution < -0.4 is 4.74 Å². The van der Waals surface area contributed by atoms with Crippen LogP contribution in [0.25, 0.3) is 0 Å². The van der Waals surface area contributed by atoms with Crippen LogP contribution in [-0.2, 0) is 4.79 Å². The lowest BCUT2D eigenvalue weighted by atomic mass is 10.1. The summed E-state index contributed by atoms with van der Waals surface area (Å²) in [5.74, 6) is 0.419. The fraction of sp³-hybridized carbons (Fsp3) is 0.550. The maximum atomic E-state index is 11.6. The van der Waals surface area contributed by atoms with Crippen LogP contribution in [0.5, 0.6) is 5.75 Å². The molecular weight excluding hydrogens is 272 g/mol. The second-order valence-corrected chi connectivity index (χ2v) is 5.73. The number of ether oxygens (including phenoxy) is 1. The standard InChI is InChI=1S/C20H30O2/c1-2-3-4-5-6-7-8-9-10-11-15-18-20(21)22-19-16-13-12-14-17-19/h11-17H,2-10,18H2,1H3. The monoisotopic (exact) mass is 302 g/mol. The van der Waals surface area contributed by atoms with Gasteiger partial charge in [-0.25, -0.2) is 0 Å². The molecule has 0 radical (unpaired) electrons. The molecule has 2 nitrogen and oxygen atoms in total. The van der Waals surface area contributed by atoms with Crippen LogP contribution in [0.15, 0.2) is 42.5 Å². The van der Waals surface area contributed by atoms with Gasteiger partial charge in [-0.1, -0.05) is 82.2 Å². The largest absolute Gasteiger partial charge is 0.426 e. The maximum absolute atomic E-state index is 11.6. The number of carbonyl (C=O) groups excluding carboxylic acids is 1. The van der Waals surface area contributed by atoms with Crippen molar-refractivity contribution in [3.63, 3.8) is 0 Å². The van der Waals surface area contributed by atoms with E-state index in [2.05, 4.69) is 13.0 Å². The van der Waals surface area contributed by atoms with Crippen molar-refractivity contribution in [1.29, 1.82) is 0 Å². The van der Waals surface area contributed by atoms with Gasteiger partial charge in [0.2, 0.25) is 0 Å². The molecule has 0 amide bonds. The maximum Gasteiger partial charge on any atom is 0.315 e. The van der Waals surface area contributed by atoms with Gasteiger partial charge in [-0.15, -0.1) is 0 Å². The van der Waals surface area contributed by atoms with E-state index in [1.165, 1.54) is 51.4 Å². The average molecular weight is 302 g/mol. The highest BCUT2D eigenvalue weighted by molar-refractivity contribution is 5.73. The summed E-state index contributed by atoms with van der Waals surface area (Å²) in [5.41, 5.74) is 0. The Hall–Kier alpha value is -1.57. The number of carbonyl (C=O) groups is 1. The third-order valence-corrected chi connectivity index (χ3v) is 3.65. The minimum Gasteiger partial charge on any atom is -0.426 e. The molecule has 122 valence electrons. The van der Waals surface area contributed by atoms with Crippen LogP contribution in [0, 0.1) is 0 Å². The molecule has 1 aromatic carbocycles.